The van der Waals surface area contributed by atoms with Crippen molar-refractivity contribution in [1.82, 2.24) is 10.2 Å². The van der Waals surface area contributed by atoms with Gasteiger partial charge in [-0.15, -0.1) is 0 Å². The molecule has 132 valence electrons. The molecule has 1 fully saturated rings. The normalized spacial score (nSPS) is 19.8. The first-order valence-corrected chi connectivity index (χ1v) is 8.06. The minimum Gasteiger partial charge on any atom is -0.376 e. The number of hydrogen-bond donors (Lipinski definition) is 2. The highest BCUT2D eigenvalue weighted by Crippen LogP contribution is 2.17. The van der Waals surface area contributed by atoms with Crippen molar-refractivity contribution in [3.8, 4) is 0 Å². The van der Waals surface area contributed by atoms with E-state index in [0.29, 0.717) is 25.5 Å². The monoisotopic (exact) mass is 335 g/mol. The van der Waals surface area contributed by atoms with Gasteiger partial charge < -0.3 is 25.0 Å². The van der Waals surface area contributed by atoms with Crippen LogP contribution in [0, 0.1) is 0 Å². The van der Waals surface area contributed by atoms with Crippen molar-refractivity contribution in [1.29, 1.82) is 0 Å². The van der Waals surface area contributed by atoms with E-state index < -0.39 is 0 Å². The van der Waals surface area contributed by atoms with Crippen LogP contribution < -0.4 is 10.6 Å². The van der Waals surface area contributed by atoms with Crippen LogP contribution in [0.5, 0.6) is 0 Å². The minimum atomic E-state index is -0.333. The number of carbonyl (C=O) groups is 2. The number of nitrogens with one attached hydrogen (secondary N) is 2. The number of benzene rings is 1. The molecule has 1 saturated heterocycles. The van der Waals surface area contributed by atoms with Crippen molar-refractivity contribution in [2.45, 2.75) is 25.5 Å². The molecule has 0 bridgehead atoms. The zero-order valence-electron chi connectivity index (χ0n) is 14.4. The summed E-state index contributed by atoms with van der Waals surface area (Å²) in [7, 11) is 3.41. The summed E-state index contributed by atoms with van der Waals surface area (Å²) in [4.78, 5) is 25.7. The summed E-state index contributed by atoms with van der Waals surface area (Å²) in [5, 5.41) is 5.68. The molecule has 0 radical (unpaired) electrons. The number of urea groups is 1. The van der Waals surface area contributed by atoms with Gasteiger partial charge in [0.25, 0.3) is 0 Å². The predicted molar refractivity (Wildman–Crippen MR) is 91.0 cm³/mol. The smallest absolute Gasteiger partial charge is 0.319 e. The molecule has 24 heavy (non-hydrogen) atoms. The summed E-state index contributed by atoms with van der Waals surface area (Å²) in [5.74, 6) is -0.0229. The maximum atomic E-state index is 12.3. The average molecular weight is 335 g/mol. The average Bonchev–Trinajstić information content (AvgIpc) is 2.96. The Labute approximate surface area is 142 Å². The molecule has 7 nitrogen and oxygen atoms in total. The van der Waals surface area contributed by atoms with Gasteiger partial charge in [0.05, 0.1) is 25.7 Å². The van der Waals surface area contributed by atoms with Crippen LogP contribution in [0.15, 0.2) is 24.3 Å². The van der Waals surface area contributed by atoms with Gasteiger partial charge in [0.1, 0.15) is 6.10 Å². The van der Waals surface area contributed by atoms with Crippen LogP contribution in [0.2, 0.25) is 0 Å². The zero-order valence-corrected chi connectivity index (χ0v) is 14.4. The molecule has 1 heterocycles. The molecule has 1 aromatic carbocycles. The van der Waals surface area contributed by atoms with E-state index in [0.717, 1.165) is 5.56 Å². The first-order chi connectivity index (χ1) is 11.5. The molecule has 0 saturated carbocycles. The molecule has 1 aromatic rings. The molecule has 0 aliphatic carbocycles. The molecule has 0 aromatic heterocycles. The minimum absolute atomic E-state index is 0.0229. The second-order valence-electron chi connectivity index (χ2n) is 5.86. The predicted octanol–water partition coefficient (Wildman–Crippen LogP) is 1.24. The van der Waals surface area contributed by atoms with Gasteiger partial charge >= 0.3 is 6.03 Å². The highest BCUT2D eigenvalue weighted by atomic mass is 16.5. The first-order valence-electron chi connectivity index (χ1n) is 8.06. The van der Waals surface area contributed by atoms with Crippen molar-refractivity contribution in [3.05, 3.63) is 29.8 Å². The molecule has 2 unspecified atom stereocenters. The number of para-hydroxylation sites is 1. The zero-order chi connectivity index (χ0) is 17.5. The molecule has 3 amide bonds. The van der Waals surface area contributed by atoms with Crippen molar-refractivity contribution >= 4 is 17.6 Å². The van der Waals surface area contributed by atoms with Gasteiger partial charge in [0.2, 0.25) is 5.91 Å². The summed E-state index contributed by atoms with van der Waals surface area (Å²) < 4.78 is 10.9. The summed E-state index contributed by atoms with van der Waals surface area (Å²) in [6, 6.07) is 6.76. The van der Waals surface area contributed by atoms with Gasteiger partial charge in [-0.2, -0.15) is 0 Å². The molecule has 0 spiro atoms. The standard InChI is InChI=1S/C17H25N3O4/c1-4-24-15-11-23-10-14(15)19-17(22)18-13-8-6-5-7-12(13)9-16(21)20(2)3/h5-8,14-15H,4,9-11H2,1-3H3,(H2,18,19,22). The van der Waals surface area contributed by atoms with E-state index >= 15 is 0 Å². The van der Waals surface area contributed by atoms with Gasteiger partial charge in [-0.05, 0) is 18.6 Å². The third-order valence-corrected chi connectivity index (χ3v) is 3.83. The Bertz CT molecular complexity index is 577. The molecule has 1 aliphatic rings. The lowest BCUT2D eigenvalue weighted by atomic mass is 10.1. The van der Waals surface area contributed by atoms with Crippen LogP contribution >= 0.6 is 0 Å². The molecular formula is C17H25N3O4. The van der Waals surface area contributed by atoms with Crippen LogP contribution in [-0.2, 0) is 20.7 Å². The van der Waals surface area contributed by atoms with E-state index in [4.69, 9.17) is 9.47 Å². The fourth-order valence-electron chi connectivity index (χ4n) is 2.49. The molecular weight excluding hydrogens is 310 g/mol. The third-order valence-electron chi connectivity index (χ3n) is 3.83. The molecule has 1 aliphatic heterocycles. The number of likely N-dealkylation sites (N-methyl/N-ethyl adjacent to an activating group) is 1. The maximum Gasteiger partial charge on any atom is 0.319 e. The van der Waals surface area contributed by atoms with Crippen molar-refractivity contribution in [2.24, 2.45) is 0 Å². The maximum absolute atomic E-state index is 12.3. The van der Waals surface area contributed by atoms with Crippen LogP contribution in [-0.4, -0.2) is 62.9 Å². The Morgan fingerprint density at radius 3 is 2.75 bits per heavy atom. The topological polar surface area (TPSA) is 79.9 Å². The van der Waals surface area contributed by atoms with E-state index in [1.54, 1.807) is 20.2 Å². The summed E-state index contributed by atoms with van der Waals surface area (Å²) >= 11 is 0. The van der Waals surface area contributed by atoms with Gasteiger partial charge in [-0.1, -0.05) is 18.2 Å². The molecule has 2 rings (SSSR count). The van der Waals surface area contributed by atoms with Crippen molar-refractivity contribution in [2.75, 3.05) is 39.2 Å². The van der Waals surface area contributed by atoms with E-state index in [1.807, 2.05) is 25.1 Å². The number of carbonyl (C=O) groups excluding carboxylic acids is 2. The number of ether oxygens (including phenoxy) is 2. The SMILES string of the molecule is CCOC1COCC1NC(=O)Nc1ccccc1CC(=O)N(C)C. The largest absolute Gasteiger partial charge is 0.376 e. The Morgan fingerprint density at radius 1 is 1.29 bits per heavy atom. The number of hydrogen-bond acceptors (Lipinski definition) is 4. The number of amides is 3. The number of nitrogens with zero attached hydrogens (tertiary/aromatic N) is 1. The van der Waals surface area contributed by atoms with Gasteiger partial charge in [-0.3, -0.25) is 4.79 Å². The second kappa shape index (κ2) is 8.65. The lowest BCUT2D eigenvalue weighted by molar-refractivity contribution is -0.127. The van der Waals surface area contributed by atoms with Crippen LogP contribution in [0.3, 0.4) is 0 Å². The van der Waals surface area contributed by atoms with Crippen molar-refractivity contribution in [3.63, 3.8) is 0 Å². The quantitative estimate of drug-likeness (QED) is 0.820. The molecule has 2 N–H and O–H groups in total. The summed E-state index contributed by atoms with van der Waals surface area (Å²) in [6.45, 7) is 3.39. The number of rotatable bonds is 6. The fourth-order valence-corrected chi connectivity index (χ4v) is 2.49. The Hall–Kier alpha value is -2.12. The van der Waals surface area contributed by atoms with Crippen LogP contribution in [0.4, 0.5) is 10.5 Å². The van der Waals surface area contributed by atoms with Crippen LogP contribution in [0.1, 0.15) is 12.5 Å². The highest BCUT2D eigenvalue weighted by Gasteiger charge is 2.30. The summed E-state index contributed by atoms with van der Waals surface area (Å²) in [5.41, 5.74) is 1.40. The highest BCUT2D eigenvalue weighted by molar-refractivity contribution is 5.91. The van der Waals surface area contributed by atoms with E-state index in [2.05, 4.69) is 10.6 Å². The summed E-state index contributed by atoms with van der Waals surface area (Å²) in [6.07, 6.45) is 0.101. The Kier molecular flexibility index (Phi) is 6.57. The number of anilines is 1. The van der Waals surface area contributed by atoms with Gasteiger partial charge in [0.15, 0.2) is 0 Å². The van der Waals surface area contributed by atoms with E-state index in [1.165, 1.54) is 4.90 Å². The lowest BCUT2D eigenvalue weighted by Gasteiger charge is -2.20. The van der Waals surface area contributed by atoms with E-state index in [-0.39, 0.29) is 30.5 Å². The third kappa shape index (κ3) is 4.94. The Balaban J connectivity index is 1.97. The van der Waals surface area contributed by atoms with Gasteiger partial charge in [-0.25, -0.2) is 4.79 Å². The van der Waals surface area contributed by atoms with Crippen molar-refractivity contribution < 1.29 is 19.1 Å². The van der Waals surface area contributed by atoms with E-state index in [9.17, 15) is 9.59 Å². The van der Waals surface area contributed by atoms with Gasteiger partial charge in [0, 0.05) is 26.4 Å². The second-order valence-corrected chi connectivity index (χ2v) is 5.86. The molecule has 2 atom stereocenters. The fraction of sp³-hybridized carbons (Fsp3) is 0.529. The lowest BCUT2D eigenvalue weighted by Crippen LogP contribution is -2.45. The first kappa shape index (κ1) is 18.2. The van der Waals surface area contributed by atoms with Crippen LogP contribution in [0.25, 0.3) is 0 Å². The molecule has 7 heteroatoms. The Morgan fingerprint density at radius 2 is 2.04 bits per heavy atom.